The van der Waals surface area contributed by atoms with Gasteiger partial charge in [-0.05, 0) is 41.3 Å². The maximum atomic E-state index is 9.05. The Morgan fingerprint density at radius 1 is 1.28 bits per heavy atom. The maximum absolute atomic E-state index is 9.05. The normalized spacial score (nSPS) is 19.9. The van der Waals surface area contributed by atoms with E-state index in [-0.39, 0.29) is 6.61 Å². The Morgan fingerprint density at radius 3 is 3.00 bits per heavy atom. The van der Waals surface area contributed by atoms with Gasteiger partial charge in [0.2, 0.25) is 0 Å². The number of thiophene rings is 2. The maximum Gasteiger partial charge on any atom is 0.0707 e. The van der Waals surface area contributed by atoms with Gasteiger partial charge in [0.15, 0.2) is 0 Å². The zero-order valence-electron chi connectivity index (χ0n) is 10.2. The van der Waals surface area contributed by atoms with Crippen LogP contribution in [0.15, 0.2) is 29.0 Å². The summed E-state index contributed by atoms with van der Waals surface area (Å²) in [6.07, 6.45) is 2.02. The van der Waals surface area contributed by atoms with Gasteiger partial charge in [-0.25, -0.2) is 0 Å². The second-order valence-corrected chi connectivity index (χ2v) is 6.56. The lowest BCUT2D eigenvalue weighted by Gasteiger charge is -2.35. The number of rotatable bonds is 4. The van der Waals surface area contributed by atoms with E-state index in [1.54, 1.807) is 0 Å². The van der Waals surface area contributed by atoms with Crippen molar-refractivity contribution < 1.29 is 5.11 Å². The monoisotopic (exact) mass is 279 g/mol. The molecule has 0 saturated heterocycles. The molecule has 18 heavy (non-hydrogen) atoms. The van der Waals surface area contributed by atoms with E-state index in [1.807, 2.05) is 22.7 Å². The number of aliphatic hydroxyl groups excluding tert-OH is 1. The molecule has 0 bridgehead atoms. The molecule has 2 nitrogen and oxygen atoms in total. The SMILES string of the molecule is OCCCN1CCc2sccc2C1c1cccs1. The van der Waals surface area contributed by atoms with Crippen LogP contribution >= 0.6 is 22.7 Å². The lowest BCUT2D eigenvalue weighted by Crippen LogP contribution is -2.36. The van der Waals surface area contributed by atoms with Crippen LogP contribution in [0.3, 0.4) is 0 Å². The summed E-state index contributed by atoms with van der Waals surface area (Å²) < 4.78 is 0. The van der Waals surface area contributed by atoms with E-state index in [0.29, 0.717) is 6.04 Å². The first-order valence-electron chi connectivity index (χ1n) is 6.34. The molecule has 3 rings (SSSR count). The molecule has 0 aromatic carbocycles. The van der Waals surface area contributed by atoms with E-state index in [2.05, 4.69) is 33.9 Å². The van der Waals surface area contributed by atoms with Gasteiger partial charge in [-0.15, -0.1) is 22.7 Å². The molecule has 0 amide bonds. The van der Waals surface area contributed by atoms with Crippen molar-refractivity contribution in [2.75, 3.05) is 19.7 Å². The molecule has 2 aromatic rings. The standard InChI is InChI=1S/C14H17NOS2/c16-8-2-6-15-7-4-12-11(5-10-18-12)14(15)13-3-1-9-17-13/h1,3,5,9-10,14,16H,2,4,6-8H2. The molecule has 3 heterocycles. The Labute approximate surface area is 116 Å². The van der Waals surface area contributed by atoms with Gasteiger partial charge < -0.3 is 5.11 Å². The van der Waals surface area contributed by atoms with Gasteiger partial charge in [0.05, 0.1) is 6.04 Å². The van der Waals surface area contributed by atoms with Crippen LogP contribution in [-0.2, 0) is 6.42 Å². The quantitative estimate of drug-likeness (QED) is 0.929. The predicted octanol–water partition coefficient (Wildman–Crippen LogP) is 3.14. The Balaban J connectivity index is 1.92. The lowest BCUT2D eigenvalue weighted by molar-refractivity contribution is 0.189. The van der Waals surface area contributed by atoms with Gasteiger partial charge in [0.1, 0.15) is 0 Å². The second-order valence-electron chi connectivity index (χ2n) is 4.58. The molecular formula is C14H17NOS2. The van der Waals surface area contributed by atoms with Crippen molar-refractivity contribution in [3.8, 4) is 0 Å². The molecule has 1 aliphatic rings. The van der Waals surface area contributed by atoms with Crippen molar-refractivity contribution in [2.24, 2.45) is 0 Å². The van der Waals surface area contributed by atoms with E-state index in [4.69, 9.17) is 5.11 Å². The summed E-state index contributed by atoms with van der Waals surface area (Å²) in [5.74, 6) is 0. The summed E-state index contributed by atoms with van der Waals surface area (Å²) in [5, 5.41) is 13.4. The minimum absolute atomic E-state index is 0.282. The highest BCUT2D eigenvalue weighted by Gasteiger charge is 2.29. The van der Waals surface area contributed by atoms with Crippen molar-refractivity contribution in [2.45, 2.75) is 18.9 Å². The van der Waals surface area contributed by atoms with Gasteiger partial charge in [-0.2, -0.15) is 0 Å². The predicted molar refractivity (Wildman–Crippen MR) is 77.5 cm³/mol. The third-order valence-electron chi connectivity index (χ3n) is 3.48. The third-order valence-corrected chi connectivity index (χ3v) is 5.40. The van der Waals surface area contributed by atoms with Crippen LogP contribution in [0.25, 0.3) is 0 Å². The molecule has 1 aliphatic heterocycles. The summed E-state index contributed by atoms with van der Waals surface area (Å²) >= 11 is 3.71. The van der Waals surface area contributed by atoms with Gasteiger partial charge in [-0.3, -0.25) is 4.90 Å². The molecule has 1 N–H and O–H groups in total. The van der Waals surface area contributed by atoms with Gasteiger partial charge in [-0.1, -0.05) is 6.07 Å². The Kier molecular flexibility index (Phi) is 3.80. The molecular weight excluding hydrogens is 262 g/mol. The minimum atomic E-state index is 0.282. The highest BCUT2D eigenvalue weighted by atomic mass is 32.1. The number of nitrogens with zero attached hydrogens (tertiary/aromatic N) is 1. The summed E-state index contributed by atoms with van der Waals surface area (Å²) in [7, 11) is 0. The Morgan fingerprint density at radius 2 is 2.22 bits per heavy atom. The largest absolute Gasteiger partial charge is 0.396 e. The fourth-order valence-electron chi connectivity index (χ4n) is 2.66. The molecule has 2 aromatic heterocycles. The number of hydrogen-bond acceptors (Lipinski definition) is 4. The van der Waals surface area contributed by atoms with Crippen LogP contribution in [0.5, 0.6) is 0 Å². The highest BCUT2D eigenvalue weighted by molar-refractivity contribution is 7.10. The molecule has 1 unspecified atom stereocenters. The van der Waals surface area contributed by atoms with Gasteiger partial charge >= 0.3 is 0 Å². The number of hydrogen-bond donors (Lipinski definition) is 1. The van der Waals surface area contributed by atoms with E-state index < -0.39 is 0 Å². The molecule has 96 valence electrons. The Bertz CT molecular complexity index is 492. The van der Waals surface area contributed by atoms with Crippen molar-refractivity contribution >= 4 is 22.7 Å². The second kappa shape index (κ2) is 5.53. The van der Waals surface area contributed by atoms with E-state index in [0.717, 1.165) is 25.9 Å². The molecule has 0 fully saturated rings. The van der Waals surface area contributed by atoms with E-state index >= 15 is 0 Å². The average molecular weight is 279 g/mol. The Hall–Kier alpha value is -0.680. The summed E-state index contributed by atoms with van der Waals surface area (Å²) in [5.41, 5.74) is 1.48. The topological polar surface area (TPSA) is 23.5 Å². The highest BCUT2D eigenvalue weighted by Crippen LogP contribution is 2.39. The van der Waals surface area contributed by atoms with Crippen molar-refractivity contribution in [1.29, 1.82) is 0 Å². The summed E-state index contributed by atoms with van der Waals surface area (Å²) in [6.45, 7) is 2.37. The number of aliphatic hydroxyl groups is 1. The summed E-state index contributed by atoms with van der Waals surface area (Å²) in [4.78, 5) is 5.47. The third kappa shape index (κ3) is 2.26. The first kappa shape index (κ1) is 12.4. The summed E-state index contributed by atoms with van der Waals surface area (Å²) in [6, 6.07) is 7.04. The smallest absolute Gasteiger partial charge is 0.0707 e. The van der Waals surface area contributed by atoms with Gasteiger partial charge in [0, 0.05) is 29.5 Å². The van der Waals surface area contributed by atoms with Crippen LogP contribution < -0.4 is 0 Å². The fourth-order valence-corrected chi connectivity index (χ4v) is 4.44. The van der Waals surface area contributed by atoms with Gasteiger partial charge in [0.25, 0.3) is 0 Å². The molecule has 0 aliphatic carbocycles. The molecule has 0 spiro atoms. The fraction of sp³-hybridized carbons (Fsp3) is 0.429. The van der Waals surface area contributed by atoms with Crippen molar-refractivity contribution in [1.82, 2.24) is 4.90 Å². The molecule has 4 heteroatoms. The van der Waals surface area contributed by atoms with Crippen LogP contribution in [0, 0.1) is 0 Å². The zero-order valence-corrected chi connectivity index (χ0v) is 11.8. The average Bonchev–Trinajstić information content (AvgIpc) is 3.06. The van der Waals surface area contributed by atoms with Crippen LogP contribution in [0.2, 0.25) is 0 Å². The van der Waals surface area contributed by atoms with Crippen molar-refractivity contribution in [3.63, 3.8) is 0 Å². The van der Waals surface area contributed by atoms with Crippen LogP contribution in [0.4, 0.5) is 0 Å². The van der Waals surface area contributed by atoms with E-state index in [1.165, 1.54) is 15.3 Å². The number of fused-ring (bicyclic) bond motifs is 1. The first-order chi connectivity index (χ1) is 8.90. The molecule has 0 saturated carbocycles. The molecule has 0 radical (unpaired) electrons. The lowest BCUT2D eigenvalue weighted by atomic mass is 9.98. The zero-order chi connectivity index (χ0) is 12.4. The van der Waals surface area contributed by atoms with E-state index in [9.17, 15) is 0 Å². The van der Waals surface area contributed by atoms with Crippen LogP contribution in [0.1, 0.15) is 27.8 Å². The minimum Gasteiger partial charge on any atom is -0.396 e. The molecule has 1 atom stereocenters. The van der Waals surface area contributed by atoms with Crippen LogP contribution in [-0.4, -0.2) is 29.7 Å². The first-order valence-corrected chi connectivity index (χ1v) is 8.10. The van der Waals surface area contributed by atoms with Crippen molar-refractivity contribution in [3.05, 3.63) is 44.3 Å².